The lowest BCUT2D eigenvalue weighted by Gasteiger charge is -2.30. The van der Waals surface area contributed by atoms with Crippen molar-refractivity contribution in [2.24, 2.45) is 11.7 Å². The van der Waals surface area contributed by atoms with Crippen molar-refractivity contribution >= 4 is 0 Å². The van der Waals surface area contributed by atoms with Gasteiger partial charge in [-0.15, -0.1) is 0 Å². The number of hydrogen-bond acceptors (Lipinski definition) is 2. The van der Waals surface area contributed by atoms with Gasteiger partial charge in [-0.1, -0.05) is 29.8 Å². The third-order valence-electron chi connectivity index (χ3n) is 4.14. The summed E-state index contributed by atoms with van der Waals surface area (Å²) in [5.41, 5.74) is 9.11. The predicted octanol–water partition coefficient (Wildman–Crippen LogP) is 2.43. The number of ether oxygens (including phenoxy) is 1. The molecule has 17 heavy (non-hydrogen) atoms. The lowest BCUT2D eigenvalue weighted by Crippen LogP contribution is -2.50. The Morgan fingerprint density at radius 1 is 1.29 bits per heavy atom. The second-order valence-electron chi connectivity index (χ2n) is 5.77. The average molecular weight is 231 g/mol. The van der Waals surface area contributed by atoms with Gasteiger partial charge in [0.25, 0.3) is 0 Å². The summed E-state index contributed by atoms with van der Waals surface area (Å²) in [6, 6.07) is 8.74. The molecule has 0 aromatic heterocycles. The molecule has 0 amide bonds. The van der Waals surface area contributed by atoms with Crippen molar-refractivity contribution in [3.63, 3.8) is 0 Å². The summed E-state index contributed by atoms with van der Waals surface area (Å²) >= 11 is 0. The van der Waals surface area contributed by atoms with Gasteiger partial charge in [0.05, 0.1) is 6.10 Å². The molecule has 0 spiro atoms. The minimum atomic E-state index is -0.129. The first kappa shape index (κ1) is 11.2. The molecule has 1 aliphatic carbocycles. The minimum Gasteiger partial charge on any atom is -0.376 e. The smallest absolute Gasteiger partial charge is 0.0786 e. The summed E-state index contributed by atoms with van der Waals surface area (Å²) in [4.78, 5) is 0. The van der Waals surface area contributed by atoms with Gasteiger partial charge in [0, 0.05) is 12.1 Å². The van der Waals surface area contributed by atoms with Gasteiger partial charge in [-0.05, 0) is 44.1 Å². The third-order valence-corrected chi connectivity index (χ3v) is 4.14. The predicted molar refractivity (Wildman–Crippen MR) is 68.9 cm³/mol. The molecule has 1 saturated heterocycles. The van der Waals surface area contributed by atoms with Crippen molar-refractivity contribution in [2.45, 2.75) is 44.2 Å². The maximum absolute atomic E-state index is 6.59. The number of hydrogen-bond donors (Lipinski definition) is 1. The Kier molecular flexibility index (Phi) is 2.72. The van der Waals surface area contributed by atoms with Gasteiger partial charge in [-0.2, -0.15) is 0 Å². The zero-order valence-electron chi connectivity index (χ0n) is 10.5. The summed E-state index contributed by atoms with van der Waals surface area (Å²) in [6.45, 7) is 2.96. The highest BCUT2D eigenvalue weighted by molar-refractivity contribution is 5.24. The van der Waals surface area contributed by atoms with Crippen LogP contribution in [0, 0.1) is 12.8 Å². The van der Waals surface area contributed by atoms with Crippen molar-refractivity contribution < 1.29 is 4.74 Å². The Morgan fingerprint density at radius 2 is 2.00 bits per heavy atom. The van der Waals surface area contributed by atoms with Gasteiger partial charge in [0.15, 0.2) is 0 Å². The molecule has 2 N–H and O–H groups in total. The van der Waals surface area contributed by atoms with Gasteiger partial charge in [-0.3, -0.25) is 0 Å². The molecule has 1 heterocycles. The molecule has 2 fully saturated rings. The second-order valence-corrected chi connectivity index (χ2v) is 5.77. The van der Waals surface area contributed by atoms with Crippen LogP contribution in [0.4, 0.5) is 0 Å². The van der Waals surface area contributed by atoms with Crippen LogP contribution in [0.1, 0.15) is 30.4 Å². The maximum Gasteiger partial charge on any atom is 0.0786 e. The first-order valence-electron chi connectivity index (χ1n) is 6.63. The largest absolute Gasteiger partial charge is 0.376 e. The fourth-order valence-corrected chi connectivity index (χ4v) is 2.96. The molecular formula is C15H21NO. The van der Waals surface area contributed by atoms with Gasteiger partial charge in [0.1, 0.15) is 0 Å². The zero-order valence-corrected chi connectivity index (χ0v) is 10.5. The Hall–Kier alpha value is -0.860. The summed E-state index contributed by atoms with van der Waals surface area (Å²) in [7, 11) is 0. The Balaban J connectivity index is 1.76. The van der Waals surface area contributed by atoms with Crippen LogP contribution >= 0.6 is 0 Å². The number of aryl methyl sites for hydroxylation is 1. The topological polar surface area (TPSA) is 35.2 Å². The highest BCUT2D eigenvalue weighted by atomic mass is 16.5. The van der Waals surface area contributed by atoms with Crippen LogP contribution in [0.2, 0.25) is 0 Å². The molecule has 2 nitrogen and oxygen atoms in total. The summed E-state index contributed by atoms with van der Waals surface area (Å²) in [6.07, 6.45) is 4.86. The van der Waals surface area contributed by atoms with Gasteiger partial charge < -0.3 is 10.5 Å². The van der Waals surface area contributed by atoms with E-state index in [0.29, 0.717) is 6.10 Å². The van der Waals surface area contributed by atoms with E-state index in [0.717, 1.165) is 25.4 Å². The normalized spacial score (nSPS) is 32.9. The molecule has 2 atom stereocenters. The third kappa shape index (κ3) is 2.24. The molecule has 2 aliphatic rings. The van der Waals surface area contributed by atoms with Crippen LogP contribution < -0.4 is 5.73 Å². The van der Waals surface area contributed by atoms with E-state index in [-0.39, 0.29) is 5.54 Å². The molecule has 1 aliphatic heterocycles. The van der Waals surface area contributed by atoms with E-state index in [1.165, 1.54) is 24.0 Å². The SMILES string of the molecule is Cc1ccc(CC2(N)CCOC2C2CC2)cc1. The molecule has 2 heteroatoms. The minimum absolute atomic E-state index is 0.129. The average Bonchev–Trinajstić information content (AvgIpc) is 3.07. The van der Waals surface area contributed by atoms with Gasteiger partial charge >= 0.3 is 0 Å². The van der Waals surface area contributed by atoms with Crippen LogP contribution in [0.25, 0.3) is 0 Å². The van der Waals surface area contributed by atoms with Crippen molar-refractivity contribution in [3.8, 4) is 0 Å². The maximum atomic E-state index is 6.59. The number of nitrogens with two attached hydrogens (primary N) is 1. The highest BCUT2D eigenvalue weighted by Crippen LogP contribution is 2.43. The quantitative estimate of drug-likeness (QED) is 0.867. The monoisotopic (exact) mass is 231 g/mol. The Morgan fingerprint density at radius 3 is 2.65 bits per heavy atom. The van der Waals surface area contributed by atoms with E-state index in [1.54, 1.807) is 0 Å². The lowest BCUT2D eigenvalue weighted by molar-refractivity contribution is 0.0627. The van der Waals surface area contributed by atoms with Crippen LogP contribution in [0.5, 0.6) is 0 Å². The Labute approximate surface area is 103 Å². The molecular weight excluding hydrogens is 210 g/mol. The summed E-state index contributed by atoms with van der Waals surface area (Å²) < 4.78 is 5.86. The van der Waals surface area contributed by atoms with Crippen LogP contribution in [0.15, 0.2) is 24.3 Å². The fourth-order valence-electron chi connectivity index (χ4n) is 2.96. The number of rotatable bonds is 3. The van der Waals surface area contributed by atoms with Crippen LogP contribution in [0.3, 0.4) is 0 Å². The molecule has 0 radical (unpaired) electrons. The summed E-state index contributed by atoms with van der Waals surface area (Å²) in [5.74, 6) is 0.730. The van der Waals surface area contributed by atoms with Crippen molar-refractivity contribution in [1.29, 1.82) is 0 Å². The molecule has 1 aromatic rings. The molecule has 1 aromatic carbocycles. The second kappa shape index (κ2) is 4.11. The van der Waals surface area contributed by atoms with E-state index < -0.39 is 0 Å². The highest BCUT2D eigenvalue weighted by Gasteiger charge is 2.48. The van der Waals surface area contributed by atoms with E-state index in [9.17, 15) is 0 Å². The fraction of sp³-hybridized carbons (Fsp3) is 0.600. The van der Waals surface area contributed by atoms with E-state index in [2.05, 4.69) is 31.2 Å². The van der Waals surface area contributed by atoms with Crippen molar-refractivity contribution in [3.05, 3.63) is 35.4 Å². The number of benzene rings is 1. The first-order chi connectivity index (χ1) is 8.17. The Bertz CT molecular complexity index is 396. The van der Waals surface area contributed by atoms with Crippen LogP contribution in [-0.2, 0) is 11.2 Å². The van der Waals surface area contributed by atoms with Gasteiger partial charge in [-0.25, -0.2) is 0 Å². The molecule has 1 saturated carbocycles. The summed E-state index contributed by atoms with van der Waals surface area (Å²) in [5, 5.41) is 0. The van der Waals surface area contributed by atoms with E-state index in [1.807, 2.05) is 0 Å². The van der Waals surface area contributed by atoms with Gasteiger partial charge in [0.2, 0.25) is 0 Å². The van der Waals surface area contributed by atoms with E-state index >= 15 is 0 Å². The van der Waals surface area contributed by atoms with Crippen molar-refractivity contribution in [1.82, 2.24) is 0 Å². The standard InChI is InChI=1S/C15H21NO/c1-11-2-4-12(5-3-11)10-15(16)8-9-17-14(15)13-6-7-13/h2-5,13-14H,6-10,16H2,1H3. The zero-order chi connectivity index (χ0) is 11.9. The molecule has 3 rings (SSSR count). The first-order valence-corrected chi connectivity index (χ1v) is 6.63. The van der Waals surface area contributed by atoms with Crippen molar-refractivity contribution in [2.75, 3.05) is 6.61 Å². The molecule has 0 bridgehead atoms. The van der Waals surface area contributed by atoms with E-state index in [4.69, 9.17) is 10.5 Å². The molecule has 92 valence electrons. The molecule has 2 unspecified atom stereocenters. The lowest BCUT2D eigenvalue weighted by atomic mass is 9.83. The van der Waals surface area contributed by atoms with Crippen LogP contribution in [-0.4, -0.2) is 18.2 Å².